The van der Waals surface area contributed by atoms with Crippen LogP contribution in [0.15, 0.2) is 36.4 Å². The Kier molecular flexibility index (Phi) is 7.55. The van der Waals surface area contributed by atoms with Gasteiger partial charge < -0.3 is 24.8 Å². The molecule has 1 aromatic carbocycles. The number of piperidine rings is 1. The van der Waals surface area contributed by atoms with E-state index in [0.29, 0.717) is 24.3 Å². The molecule has 10 nitrogen and oxygen atoms in total. The first-order valence-corrected chi connectivity index (χ1v) is 13.0. The number of aromatic nitrogens is 4. The van der Waals surface area contributed by atoms with E-state index in [9.17, 15) is 4.79 Å². The van der Waals surface area contributed by atoms with E-state index in [1.807, 2.05) is 48.2 Å². The number of hydrogen-bond donors (Lipinski definition) is 2. The van der Waals surface area contributed by atoms with Crippen molar-refractivity contribution in [3.8, 4) is 5.75 Å². The molecule has 0 saturated carbocycles. The Labute approximate surface area is 218 Å². The molecule has 1 amide bonds. The maximum absolute atomic E-state index is 13.3. The first kappa shape index (κ1) is 25.0. The molecule has 2 saturated heterocycles. The quantitative estimate of drug-likeness (QED) is 0.506. The van der Waals surface area contributed by atoms with Gasteiger partial charge in [-0.15, -0.1) is 0 Å². The van der Waals surface area contributed by atoms with Crippen LogP contribution in [0.3, 0.4) is 0 Å². The van der Waals surface area contributed by atoms with Crippen molar-refractivity contribution in [3.63, 3.8) is 0 Å². The number of H-pyrrole nitrogens is 1. The Bertz CT molecular complexity index is 1220. The van der Waals surface area contributed by atoms with Crippen LogP contribution < -0.4 is 15.0 Å². The minimum absolute atomic E-state index is 0.0190. The van der Waals surface area contributed by atoms with Crippen LogP contribution in [0.4, 0.5) is 17.5 Å². The summed E-state index contributed by atoms with van der Waals surface area (Å²) >= 11 is 0. The van der Waals surface area contributed by atoms with E-state index in [2.05, 4.69) is 32.4 Å². The molecule has 5 rings (SSSR count). The monoisotopic (exact) mass is 504 g/mol. The summed E-state index contributed by atoms with van der Waals surface area (Å²) in [7, 11) is 3.75. The van der Waals surface area contributed by atoms with Crippen molar-refractivity contribution in [2.75, 3.05) is 63.6 Å². The molecule has 0 aliphatic carbocycles. The summed E-state index contributed by atoms with van der Waals surface area (Å²) in [5.74, 6) is 4.12. The van der Waals surface area contributed by atoms with Gasteiger partial charge in [0.1, 0.15) is 23.2 Å². The zero-order valence-electron chi connectivity index (χ0n) is 21.9. The first-order valence-electron chi connectivity index (χ1n) is 13.0. The van der Waals surface area contributed by atoms with E-state index < -0.39 is 0 Å². The number of ether oxygens (including phenoxy) is 1. The number of aromatic amines is 1. The summed E-state index contributed by atoms with van der Waals surface area (Å²) < 4.78 is 5.43. The first-order chi connectivity index (χ1) is 18.0. The molecule has 10 heteroatoms. The molecular formula is C27H36N8O2. The van der Waals surface area contributed by atoms with Crippen molar-refractivity contribution < 1.29 is 9.53 Å². The van der Waals surface area contributed by atoms with Gasteiger partial charge in [-0.05, 0) is 44.9 Å². The third-order valence-electron chi connectivity index (χ3n) is 7.16. The summed E-state index contributed by atoms with van der Waals surface area (Å²) in [6.07, 6.45) is 2.71. The number of hydrogen-bond acceptors (Lipinski definition) is 8. The molecule has 1 unspecified atom stereocenters. The van der Waals surface area contributed by atoms with Crippen LogP contribution in [-0.4, -0.2) is 89.3 Å². The molecule has 2 fully saturated rings. The zero-order valence-corrected chi connectivity index (χ0v) is 21.9. The average Bonchev–Trinajstić information content (AvgIpc) is 3.32. The summed E-state index contributed by atoms with van der Waals surface area (Å²) in [5, 5.41) is 10.6. The van der Waals surface area contributed by atoms with Gasteiger partial charge >= 0.3 is 0 Å². The van der Waals surface area contributed by atoms with Crippen LogP contribution in [0.25, 0.3) is 0 Å². The minimum Gasteiger partial charge on any atom is -0.496 e. The Morgan fingerprint density at radius 3 is 2.68 bits per heavy atom. The second-order valence-corrected chi connectivity index (χ2v) is 10.0. The molecule has 2 N–H and O–H groups in total. The molecule has 4 heterocycles. The number of likely N-dealkylation sites (tertiary alicyclic amines) is 1. The van der Waals surface area contributed by atoms with E-state index in [-0.39, 0.29) is 11.8 Å². The lowest BCUT2D eigenvalue weighted by atomic mass is 9.94. The lowest BCUT2D eigenvalue weighted by Gasteiger charge is -2.34. The number of rotatable bonds is 7. The highest BCUT2D eigenvalue weighted by Gasteiger charge is 2.27. The fourth-order valence-electron chi connectivity index (χ4n) is 5.12. The van der Waals surface area contributed by atoms with Crippen LogP contribution >= 0.6 is 0 Å². The number of aryl methyl sites for hydroxylation is 1. The zero-order chi connectivity index (χ0) is 25.8. The Balaban J connectivity index is 1.34. The van der Waals surface area contributed by atoms with Gasteiger partial charge in [-0.1, -0.05) is 12.1 Å². The second-order valence-electron chi connectivity index (χ2n) is 10.0. The fraction of sp³-hybridized carbons (Fsp3) is 0.481. The van der Waals surface area contributed by atoms with Gasteiger partial charge in [0.2, 0.25) is 0 Å². The molecule has 1 atom stereocenters. The van der Waals surface area contributed by atoms with E-state index in [4.69, 9.17) is 14.7 Å². The Morgan fingerprint density at radius 2 is 1.92 bits per heavy atom. The third kappa shape index (κ3) is 6.02. The number of nitrogens with zero attached hydrogens (tertiary/aromatic N) is 6. The predicted molar refractivity (Wildman–Crippen MR) is 144 cm³/mol. The maximum Gasteiger partial charge on any atom is 0.257 e. The SMILES string of the molecule is COc1ccccc1C(=O)N1CCCC(Cc2nc(Nc3cc(C)[nH]n3)cc(N3CCN(C)CC3)n2)C1. The fourth-order valence-corrected chi connectivity index (χ4v) is 5.12. The maximum atomic E-state index is 13.3. The second kappa shape index (κ2) is 11.2. The molecule has 2 aliphatic rings. The van der Waals surface area contributed by atoms with Crippen molar-refractivity contribution in [2.24, 2.45) is 5.92 Å². The minimum atomic E-state index is 0.0190. The summed E-state index contributed by atoms with van der Waals surface area (Å²) in [6, 6.07) is 11.4. The lowest BCUT2D eigenvalue weighted by molar-refractivity contribution is 0.0668. The standard InChI is InChI=1S/C27H36N8O2/c1-19-15-25(32-31-19)29-24-17-26(34-13-11-33(2)12-14-34)30-23(28-24)16-20-7-6-10-35(18-20)27(36)21-8-4-5-9-22(21)37-3/h4-5,8-9,15,17,20H,6-7,10-14,16,18H2,1-3H3,(H2,28,29,30,31,32). The van der Waals surface area contributed by atoms with Gasteiger partial charge in [-0.2, -0.15) is 5.10 Å². The van der Waals surface area contributed by atoms with Gasteiger partial charge in [-0.3, -0.25) is 9.89 Å². The van der Waals surface area contributed by atoms with Crippen LogP contribution in [0.2, 0.25) is 0 Å². The van der Waals surface area contributed by atoms with Crippen LogP contribution in [0, 0.1) is 12.8 Å². The highest BCUT2D eigenvalue weighted by Crippen LogP contribution is 2.27. The van der Waals surface area contributed by atoms with E-state index in [1.165, 1.54) is 0 Å². The highest BCUT2D eigenvalue weighted by molar-refractivity contribution is 5.97. The topological polar surface area (TPSA) is 103 Å². The average molecular weight is 505 g/mol. The number of piperazine rings is 1. The number of benzene rings is 1. The predicted octanol–water partition coefficient (Wildman–Crippen LogP) is 3.11. The number of likely N-dealkylation sites (N-methyl/N-ethyl adjacent to an activating group) is 1. The number of carbonyl (C=O) groups is 1. The smallest absolute Gasteiger partial charge is 0.257 e. The van der Waals surface area contributed by atoms with Crippen molar-refractivity contribution in [1.82, 2.24) is 30.0 Å². The molecule has 3 aromatic rings. The van der Waals surface area contributed by atoms with Crippen molar-refractivity contribution in [1.29, 1.82) is 0 Å². The summed E-state index contributed by atoms with van der Waals surface area (Å²) in [5.41, 5.74) is 1.60. The molecule has 0 bridgehead atoms. The number of amides is 1. The Morgan fingerprint density at radius 1 is 1.11 bits per heavy atom. The summed E-state index contributed by atoms with van der Waals surface area (Å²) in [6.45, 7) is 7.27. The number of methoxy groups -OCH3 is 1. The number of nitrogens with one attached hydrogen (secondary N) is 2. The van der Waals surface area contributed by atoms with Crippen LogP contribution in [-0.2, 0) is 6.42 Å². The summed E-state index contributed by atoms with van der Waals surface area (Å²) in [4.78, 5) is 29.8. The van der Waals surface area contributed by atoms with Gasteiger partial charge in [0, 0.05) is 63.5 Å². The molecule has 0 radical (unpaired) electrons. The van der Waals surface area contributed by atoms with Gasteiger partial charge in [-0.25, -0.2) is 9.97 Å². The molecule has 196 valence electrons. The molecular weight excluding hydrogens is 468 g/mol. The van der Waals surface area contributed by atoms with Crippen molar-refractivity contribution >= 4 is 23.4 Å². The molecule has 2 aliphatic heterocycles. The van der Waals surface area contributed by atoms with E-state index >= 15 is 0 Å². The number of para-hydroxylation sites is 1. The number of carbonyl (C=O) groups excluding carboxylic acids is 1. The molecule has 37 heavy (non-hydrogen) atoms. The van der Waals surface area contributed by atoms with Crippen molar-refractivity contribution in [2.45, 2.75) is 26.2 Å². The largest absolute Gasteiger partial charge is 0.496 e. The van der Waals surface area contributed by atoms with Crippen molar-refractivity contribution in [3.05, 3.63) is 53.5 Å². The Hall–Kier alpha value is -3.66. The normalized spacial score (nSPS) is 18.6. The third-order valence-corrected chi connectivity index (χ3v) is 7.16. The van der Waals surface area contributed by atoms with E-state index in [0.717, 1.165) is 74.5 Å². The highest BCUT2D eigenvalue weighted by atomic mass is 16.5. The van der Waals surface area contributed by atoms with Gasteiger partial charge in [0.05, 0.1) is 12.7 Å². The molecule has 0 spiro atoms. The van der Waals surface area contributed by atoms with Crippen LogP contribution in [0.1, 0.15) is 34.7 Å². The molecule has 2 aromatic heterocycles. The number of anilines is 3. The van der Waals surface area contributed by atoms with Crippen LogP contribution in [0.5, 0.6) is 5.75 Å². The van der Waals surface area contributed by atoms with E-state index in [1.54, 1.807) is 7.11 Å². The lowest BCUT2D eigenvalue weighted by Crippen LogP contribution is -2.45. The van der Waals surface area contributed by atoms with Gasteiger partial charge in [0.15, 0.2) is 5.82 Å². The van der Waals surface area contributed by atoms with Gasteiger partial charge in [0.25, 0.3) is 5.91 Å².